The van der Waals surface area contributed by atoms with E-state index in [1.165, 1.54) is 33.0 Å². The second-order valence-electron chi connectivity index (χ2n) is 11.9. The fourth-order valence-corrected chi connectivity index (χ4v) is 5.63. The molecule has 0 fully saturated rings. The summed E-state index contributed by atoms with van der Waals surface area (Å²) in [5.74, 6) is 0. The van der Waals surface area contributed by atoms with E-state index in [0.29, 0.717) is 5.71 Å². The van der Waals surface area contributed by atoms with E-state index < -0.39 is 0 Å². The molecular formula is C42H33IrN3O-2. The summed E-state index contributed by atoms with van der Waals surface area (Å²) < 4.78 is 6.15. The molecule has 8 aromatic rings. The third kappa shape index (κ3) is 6.64. The van der Waals surface area contributed by atoms with Crippen molar-refractivity contribution in [2.75, 3.05) is 0 Å². The minimum Gasteiger partial charge on any atom is -0.486 e. The average Bonchev–Trinajstić information content (AvgIpc) is 3.44. The van der Waals surface area contributed by atoms with Crippen molar-refractivity contribution >= 4 is 32.8 Å². The minimum atomic E-state index is 0. The van der Waals surface area contributed by atoms with Gasteiger partial charge in [-0.15, -0.1) is 53.6 Å². The Kier molecular flexibility index (Phi) is 9.13. The predicted octanol–water partition coefficient (Wildman–Crippen LogP) is 10.8. The van der Waals surface area contributed by atoms with Crippen LogP contribution in [0.5, 0.6) is 0 Å². The van der Waals surface area contributed by atoms with Crippen LogP contribution >= 0.6 is 0 Å². The molecule has 0 bridgehead atoms. The zero-order valence-corrected chi connectivity index (χ0v) is 29.4. The molecule has 1 radical (unpaired) electrons. The zero-order chi connectivity index (χ0) is 31.8. The minimum absolute atomic E-state index is 0. The van der Waals surface area contributed by atoms with E-state index in [1.807, 2.05) is 49.6 Å². The molecule has 233 valence electrons. The van der Waals surface area contributed by atoms with Gasteiger partial charge in [-0.3, -0.25) is 0 Å². The van der Waals surface area contributed by atoms with Crippen molar-refractivity contribution in [2.24, 2.45) is 0 Å². The van der Waals surface area contributed by atoms with Crippen LogP contribution in [0.1, 0.15) is 27.9 Å². The molecule has 0 amide bonds. The number of fused-ring (bicyclic) bond motifs is 4. The first-order chi connectivity index (χ1) is 22.3. The van der Waals surface area contributed by atoms with Crippen LogP contribution in [0.3, 0.4) is 0 Å². The molecule has 47 heavy (non-hydrogen) atoms. The van der Waals surface area contributed by atoms with E-state index in [2.05, 4.69) is 122 Å². The summed E-state index contributed by atoms with van der Waals surface area (Å²) >= 11 is 0. The van der Waals surface area contributed by atoms with Crippen LogP contribution in [-0.2, 0) is 20.1 Å². The fraction of sp³-hybridized carbons (Fsp3) is 0.119. The normalized spacial score (nSPS) is 10.9. The van der Waals surface area contributed by atoms with Crippen molar-refractivity contribution in [1.29, 1.82) is 0 Å². The van der Waals surface area contributed by atoms with Gasteiger partial charge in [0.2, 0.25) is 5.71 Å². The maximum absolute atomic E-state index is 6.15. The Morgan fingerprint density at radius 3 is 2.23 bits per heavy atom. The Bertz CT molecular complexity index is 2370. The number of benzene rings is 4. The molecule has 0 aliphatic heterocycles. The van der Waals surface area contributed by atoms with Crippen molar-refractivity contribution < 1.29 is 24.5 Å². The van der Waals surface area contributed by atoms with Gasteiger partial charge in [0.1, 0.15) is 0 Å². The largest absolute Gasteiger partial charge is 0.486 e. The molecule has 4 heterocycles. The van der Waals surface area contributed by atoms with Gasteiger partial charge >= 0.3 is 0 Å². The number of hydrogen-bond donors (Lipinski definition) is 0. The van der Waals surface area contributed by atoms with Gasteiger partial charge in [0.05, 0.1) is 5.58 Å². The molecule has 0 saturated heterocycles. The molecule has 0 aliphatic rings. The second kappa shape index (κ2) is 13.4. The molecule has 0 N–H and O–H groups in total. The molecule has 5 heteroatoms. The van der Waals surface area contributed by atoms with Gasteiger partial charge in [0.25, 0.3) is 0 Å². The smallest absolute Gasteiger partial charge is 0.216 e. The molecule has 0 unspecified atom stereocenters. The number of aromatic nitrogens is 3. The van der Waals surface area contributed by atoms with Crippen LogP contribution in [0.2, 0.25) is 0 Å². The SMILES string of the molecule is Cc1c[c-]c(-c2cc(C)c(C)cn2)cc1.Cc1ccc2ccc(-c3ccnc(-c4[c-]ccc5c4oc4nc(C)ccc45)c3)cc2c1.[Ir]. The van der Waals surface area contributed by atoms with Crippen molar-refractivity contribution in [3.8, 4) is 33.6 Å². The Labute approximate surface area is 288 Å². The van der Waals surface area contributed by atoms with Crippen LogP contribution in [0.4, 0.5) is 0 Å². The zero-order valence-electron chi connectivity index (χ0n) is 27.0. The molecule has 4 aromatic heterocycles. The van der Waals surface area contributed by atoms with Crippen molar-refractivity contribution in [2.45, 2.75) is 34.6 Å². The Balaban J connectivity index is 0.000000204. The summed E-state index contributed by atoms with van der Waals surface area (Å²) in [6.45, 7) is 10.3. The van der Waals surface area contributed by atoms with Gasteiger partial charge in [-0.25, -0.2) is 4.98 Å². The van der Waals surface area contributed by atoms with E-state index in [4.69, 9.17) is 4.42 Å². The van der Waals surface area contributed by atoms with Gasteiger partial charge in [-0.1, -0.05) is 71.5 Å². The van der Waals surface area contributed by atoms with Crippen LogP contribution in [0.15, 0.2) is 114 Å². The first-order valence-electron chi connectivity index (χ1n) is 15.4. The van der Waals surface area contributed by atoms with Gasteiger partial charge in [0, 0.05) is 43.6 Å². The second-order valence-corrected chi connectivity index (χ2v) is 11.9. The van der Waals surface area contributed by atoms with E-state index in [-0.39, 0.29) is 20.1 Å². The number of furan rings is 1. The molecule has 0 saturated carbocycles. The first-order valence-corrected chi connectivity index (χ1v) is 15.4. The number of hydrogen-bond acceptors (Lipinski definition) is 4. The van der Waals surface area contributed by atoms with Crippen molar-refractivity contribution in [1.82, 2.24) is 15.0 Å². The van der Waals surface area contributed by atoms with Gasteiger partial charge in [-0.05, 0) is 90.8 Å². The Hall–Kier alpha value is -4.96. The van der Waals surface area contributed by atoms with Gasteiger partial charge in [0.15, 0.2) is 0 Å². The molecular weight excluding hydrogens is 755 g/mol. The molecule has 0 aliphatic carbocycles. The maximum Gasteiger partial charge on any atom is 0.216 e. The summed E-state index contributed by atoms with van der Waals surface area (Å²) in [5, 5.41) is 4.52. The standard InChI is InChI=1S/C28H19N2O.C14H14N.Ir/c1-17-6-8-19-9-10-20(15-22(19)14-17)21-12-13-29-26(16-21)25-5-3-4-23-24-11-7-18(2)30-28(24)31-27(23)25;1-10-4-6-13(7-5-10)14-8-11(2)12(3)9-15-14;/h3-4,6-16H,1-2H3;4-6,8-9H,1-3H3;/q2*-1;. The van der Waals surface area contributed by atoms with Crippen molar-refractivity contribution in [3.63, 3.8) is 0 Å². The predicted molar refractivity (Wildman–Crippen MR) is 189 cm³/mol. The summed E-state index contributed by atoms with van der Waals surface area (Å²) in [5.41, 5.74) is 13.4. The summed E-state index contributed by atoms with van der Waals surface area (Å²) in [6.07, 6.45) is 3.77. The third-order valence-corrected chi connectivity index (χ3v) is 8.40. The number of rotatable bonds is 3. The first kappa shape index (κ1) is 32.0. The summed E-state index contributed by atoms with van der Waals surface area (Å²) in [4.78, 5) is 13.6. The quantitative estimate of drug-likeness (QED) is 0.167. The van der Waals surface area contributed by atoms with E-state index in [9.17, 15) is 0 Å². The molecule has 8 rings (SSSR count). The monoisotopic (exact) mass is 788 g/mol. The van der Waals surface area contributed by atoms with Gasteiger partial charge in [-0.2, -0.15) is 0 Å². The Morgan fingerprint density at radius 1 is 0.617 bits per heavy atom. The topological polar surface area (TPSA) is 51.8 Å². The van der Waals surface area contributed by atoms with Crippen molar-refractivity contribution in [3.05, 3.63) is 150 Å². The number of aryl methyl sites for hydroxylation is 5. The molecule has 0 atom stereocenters. The van der Waals surface area contributed by atoms with Gasteiger partial charge < -0.3 is 14.4 Å². The molecule has 4 aromatic carbocycles. The summed E-state index contributed by atoms with van der Waals surface area (Å²) in [6, 6.07) is 40.1. The molecule has 4 nitrogen and oxygen atoms in total. The Morgan fingerprint density at radius 2 is 1.43 bits per heavy atom. The number of pyridine rings is 3. The maximum atomic E-state index is 6.15. The fourth-order valence-electron chi connectivity index (χ4n) is 5.63. The number of nitrogens with zero attached hydrogens (tertiary/aromatic N) is 3. The van der Waals surface area contributed by atoms with Crippen LogP contribution in [0, 0.1) is 46.8 Å². The van der Waals surface area contributed by atoms with Crippen LogP contribution < -0.4 is 0 Å². The van der Waals surface area contributed by atoms with Crippen LogP contribution in [-0.4, -0.2) is 15.0 Å². The third-order valence-electron chi connectivity index (χ3n) is 8.40. The summed E-state index contributed by atoms with van der Waals surface area (Å²) in [7, 11) is 0. The van der Waals surface area contributed by atoms with E-state index >= 15 is 0 Å². The van der Waals surface area contributed by atoms with E-state index in [1.54, 1.807) is 0 Å². The average molecular weight is 788 g/mol. The van der Waals surface area contributed by atoms with Crippen LogP contribution in [0.25, 0.3) is 66.5 Å². The molecule has 0 spiro atoms. The van der Waals surface area contributed by atoms with E-state index in [0.717, 1.165) is 55.7 Å².